The van der Waals surface area contributed by atoms with Crippen molar-refractivity contribution in [3.8, 4) is 28.8 Å². The fourth-order valence-electron chi connectivity index (χ4n) is 3.84. The normalized spacial score (nSPS) is 14.1. The van der Waals surface area contributed by atoms with Crippen molar-refractivity contribution in [2.75, 3.05) is 7.05 Å². The van der Waals surface area contributed by atoms with Crippen LogP contribution >= 0.6 is 0 Å². The van der Waals surface area contributed by atoms with Crippen LogP contribution < -0.4 is 4.74 Å². The Morgan fingerprint density at radius 3 is 2.63 bits per heavy atom. The molecule has 0 aliphatic heterocycles. The van der Waals surface area contributed by atoms with E-state index in [2.05, 4.69) is 11.1 Å². The molecule has 152 valence electrons. The third kappa shape index (κ3) is 4.36. The second kappa shape index (κ2) is 8.83. The highest BCUT2D eigenvalue weighted by molar-refractivity contribution is 5.78. The molecule has 0 unspecified atom stereocenters. The van der Waals surface area contributed by atoms with Gasteiger partial charge in [0.2, 0.25) is 0 Å². The Labute approximate surface area is 176 Å². The fraction of sp³-hybridized carbons (Fsp3) is 0.292. The van der Waals surface area contributed by atoms with Crippen LogP contribution in [0.5, 0.6) is 11.5 Å². The van der Waals surface area contributed by atoms with E-state index in [1.807, 2.05) is 36.2 Å². The number of imidazole rings is 1. The lowest BCUT2D eigenvalue weighted by Crippen LogP contribution is -2.40. The maximum absolute atomic E-state index is 12.9. The van der Waals surface area contributed by atoms with Gasteiger partial charge in [-0.15, -0.1) is 0 Å². The molecule has 0 radical (unpaired) electrons. The Bertz CT molecular complexity index is 1060. The van der Waals surface area contributed by atoms with Crippen molar-refractivity contribution in [2.24, 2.45) is 0 Å². The molecule has 3 aromatic rings. The quantitative estimate of drug-likeness (QED) is 0.584. The smallest absolute Gasteiger partial charge is 0.329 e. The molecule has 1 aliphatic carbocycles. The van der Waals surface area contributed by atoms with E-state index in [0.29, 0.717) is 28.8 Å². The Morgan fingerprint density at radius 2 is 1.90 bits per heavy atom. The van der Waals surface area contributed by atoms with Crippen LogP contribution in [0.4, 0.5) is 4.79 Å². The van der Waals surface area contributed by atoms with Gasteiger partial charge in [-0.1, -0.05) is 31.4 Å². The molecule has 1 saturated carbocycles. The summed E-state index contributed by atoms with van der Waals surface area (Å²) in [6, 6.07) is 16.9. The summed E-state index contributed by atoms with van der Waals surface area (Å²) >= 11 is 0. The maximum Gasteiger partial charge on any atom is 0.329 e. The highest BCUT2D eigenvalue weighted by Gasteiger charge is 2.23. The Kier molecular flexibility index (Phi) is 5.80. The standard InChI is InChI=1S/C24H24N4O2/c1-27(20-7-3-2-4-8-20)24(29)28-16-23(26-17-28)19-6-5-9-22(14-19)30-21-12-10-18(15-25)11-13-21/h5-6,9-14,16-17,20H,2-4,7-8H2,1H3. The number of nitrogens with zero attached hydrogens (tertiary/aromatic N) is 4. The summed E-state index contributed by atoms with van der Waals surface area (Å²) in [6.07, 6.45) is 9.10. The zero-order chi connectivity index (χ0) is 20.9. The van der Waals surface area contributed by atoms with Gasteiger partial charge in [0.25, 0.3) is 0 Å². The molecule has 0 bridgehead atoms. The second-order valence-corrected chi connectivity index (χ2v) is 7.62. The summed E-state index contributed by atoms with van der Waals surface area (Å²) in [5.41, 5.74) is 2.17. The minimum absolute atomic E-state index is 0.0503. The Morgan fingerprint density at radius 1 is 1.13 bits per heavy atom. The number of aromatic nitrogens is 2. The van der Waals surface area contributed by atoms with Crippen molar-refractivity contribution >= 4 is 6.03 Å². The van der Waals surface area contributed by atoms with Crippen LogP contribution in [0, 0.1) is 11.3 Å². The number of hydrogen-bond donors (Lipinski definition) is 0. The van der Waals surface area contributed by atoms with Crippen LogP contribution in [0.25, 0.3) is 11.3 Å². The largest absolute Gasteiger partial charge is 0.457 e. The first-order valence-corrected chi connectivity index (χ1v) is 10.2. The molecule has 1 fully saturated rings. The van der Waals surface area contributed by atoms with Gasteiger partial charge in [-0.25, -0.2) is 9.78 Å². The van der Waals surface area contributed by atoms with Gasteiger partial charge in [0.05, 0.1) is 17.3 Å². The zero-order valence-electron chi connectivity index (χ0n) is 17.0. The summed E-state index contributed by atoms with van der Waals surface area (Å²) in [7, 11) is 1.88. The van der Waals surface area contributed by atoms with Gasteiger partial charge in [0, 0.05) is 24.8 Å². The van der Waals surface area contributed by atoms with Gasteiger partial charge < -0.3 is 9.64 Å². The number of hydrogen-bond acceptors (Lipinski definition) is 4. The molecule has 0 saturated heterocycles. The second-order valence-electron chi connectivity index (χ2n) is 7.62. The lowest BCUT2D eigenvalue weighted by atomic mass is 9.95. The summed E-state index contributed by atoms with van der Waals surface area (Å²) in [5.74, 6) is 1.32. The first kappa shape index (κ1) is 19.7. The third-order valence-corrected chi connectivity index (χ3v) is 5.58. The number of carbonyl (C=O) groups excluding carboxylic acids is 1. The van der Waals surface area contributed by atoms with Crippen LogP contribution in [-0.4, -0.2) is 33.6 Å². The van der Waals surface area contributed by atoms with Crippen molar-refractivity contribution in [2.45, 2.75) is 38.1 Å². The van der Waals surface area contributed by atoms with E-state index in [-0.39, 0.29) is 6.03 Å². The molecule has 2 aromatic carbocycles. The first-order chi connectivity index (χ1) is 14.6. The van der Waals surface area contributed by atoms with Gasteiger partial charge >= 0.3 is 6.03 Å². The molecular weight excluding hydrogens is 376 g/mol. The number of ether oxygens (including phenoxy) is 1. The highest BCUT2D eigenvalue weighted by Crippen LogP contribution is 2.27. The van der Waals surface area contributed by atoms with Gasteiger partial charge in [-0.05, 0) is 49.2 Å². The van der Waals surface area contributed by atoms with Crippen molar-refractivity contribution < 1.29 is 9.53 Å². The Hall–Kier alpha value is -3.59. The van der Waals surface area contributed by atoms with Crippen LogP contribution in [0.3, 0.4) is 0 Å². The number of rotatable bonds is 4. The lowest BCUT2D eigenvalue weighted by molar-refractivity contribution is 0.175. The van der Waals surface area contributed by atoms with Crippen molar-refractivity contribution in [1.29, 1.82) is 5.26 Å². The van der Waals surface area contributed by atoms with E-state index in [4.69, 9.17) is 10.00 Å². The summed E-state index contributed by atoms with van der Waals surface area (Å²) in [6.45, 7) is 0. The van der Waals surface area contributed by atoms with E-state index in [9.17, 15) is 4.79 Å². The molecule has 1 heterocycles. The average molecular weight is 400 g/mol. The van der Waals surface area contributed by atoms with Crippen LogP contribution in [-0.2, 0) is 0 Å². The SMILES string of the molecule is CN(C(=O)n1cnc(-c2cccc(Oc3ccc(C#N)cc3)c2)c1)C1CCCCC1. The minimum Gasteiger partial charge on any atom is -0.457 e. The monoisotopic (exact) mass is 400 g/mol. The number of carbonyl (C=O) groups is 1. The average Bonchev–Trinajstić information content (AvgIpc) is 3.30. The molecule has 4 rings (SSSR count). The van der Waals surface area contributed by atoms with Crippen molar-refractivity contribution in [3.05, 3.63) is 66.6 Å². The van der Waals surface area contributed by atoms with E-state index in [1.54, 1.807) is 41.4 Å². The minimum atomic E-state index is -0.0503. The molecular formula is C24H24N4O2. The first-order valence-electron chi connectivity index (χ1n) is 10.2. The van der Waals surface area contributed by atoms with Crippen molar-refractivity contribution in [3.63, 3.8) is 0 Å². The molecule has 0 atom stereocenters. The molecule has 0 spiro atoms. The molecule has 6 nitrogen and oxygen atoms in total. The molecule has 30 heavy (non-hydrogen) atoms. The van der Waals surface area contributed by atoms with Crippen molar-refractivity contribution in [1.82, 2.24) is 14.5 Å². The van der Waals surface area contributed by atoms with Gasteiger partial charge in [-0.2, -0.15) is 5.26 Å². The molecule has 1 amide bonds. The molecule has 6 heteroatoms. The summed E-state index contributed by atoms with van der Waals surface area (Å²) in [5, 5.41) is 8.90. The predicted octanol–water partition coefficient (Wildman–Crippen LogP) is 5.45. The van der Waals surface area contributed by atoms with Crippen LogP contribution in [0.15, 0.2) is 61.1 Å². The number of amides is 1. The summed E-state index contributed by atoms with van der Waals surface area (Å²) < 4.78 is 7.45. The van der Waals surface area contributed by atoms with Crippen LogP contribution in [0.2, 0.25) is 0 Å². The predicted molar refractivity (Wildman–Crippen MR) is 114 cm³/mol. The number of nitriles is 1. The van der Waals surface area contributed by atoms with Gasteiger partial charge in [0.1, 0.15) is 17.8 Å². The molecule has 0 N–H and O–H groups in total. The van der Waals surface area contributed by atoms with E-state index in [0.717, 1.165) is 18.4 Å². The molecule has 1 aromatic heterocycles. The Balaban J connectivity index is 1.48. The number of benzene rings is 2. The van der Waals surface area contributed by atoms with Crippen LogP contribution in [0.1, 0.15) is 37.7 Å². The fourth-order valence-corrected chi connectivity index (χ4v) is 3.84. The van der Waals surface area contributed by atoms with E-state index >= 15 is 0 Å². The van der Waals surface area contributed by atoms with E-state index in [1.165, 1.54) is 19.3 Å². The summed E-state index contributed by atoms with van der Waals surface area (Å²) in [4.78, 5) is 19.1. The topological polar surface area (TPSA) is 71.2 Å². The van der Waals surface area contributed by atoms with Gasteiger partial charge in [-0.3, -0.25) is 4.57 Å². The highest BCUT2D eigenvalue weighted by atomic mass is 16.5. The maximum atomic E-state index is 12.9. The van der Waals surface area contributed by atoms with E-state index < -0.39 is 0 Å². The molecule has 1 aliphatic rings. The third-order valence-electron chi connectivity index (χ3n) is 5.58. The lowest BCUT2D eigenvalue weighted by Gasteiger charge is -2.31. The van der Waals surface area contributed by atoms with Gasteiger partial charge in [0.15, 0.2) is 0 Å². The zero-order valence-corrected chi connectivity index (χ0v) is 17.0.